The van der Waals surface area contributed by atoms with Gasteiger partial charge < -0.3 is 25.6 Å². The third-order valence-electron chi connectivity index (χ3n) is 6.94. The smallest absolute Gasteiger partial charge is 0.248 e. The number of piperidine rings is 1. The summed E-state index contributed by atoms with van der Waals surface area (Å²) in [5.41, 5.74) is 5.74. The van der Waals surface area contributed by atoms with E-state index in [1.165, 1.54) is 0 Å². The summed E-state index contributed by atoms with van der Waals surface area (Å²) >= 11 is 0. The first-order valence-corrected chi connectivity index (χ1v) is 13.0. The number of hydrogen-bond donors (Lipinski definition) is 2. The minimum atomic E-state index is -0.456. The topological polar surface area (TPSA) is 105 Å². The molecule has 194 valence electrons. The Hall–Kier alpha value is -2.61. The average molecular weight is 487 g/mol. The Bertz CT molecular complexity index is 862. The molecular weight excluding hydrogens is 444 g/mol. The molecule has 0 aromatic heterocycles. The molecule has 1 aromatic carbocycles. The molecule has 2 fully saturated rings. The lowest BCUT2D eigenvalue weighted by Gasteiger charge is -2.42. The molecule has 2 heterocycles. The monoisotopic (exact) mass is 486 g/mol. The number of amides is 3. The molecule has 2 atom stereocenters. The maximum absolute atomic E-state index is 13.6. The van der Waals surface area contributed by atoms with Gasteiger partial charge >= 0.3 is 0 Å². The molecule has 3 amide bonds. The van der Waals surface area contributed by atoms with Gasteiger partial charge in [-0.2, -0.15) is 0 Å². The lowest BCUT2D eigenvalue weighted by atomic mass is 9.94. The van der Waals surface area contributed by atoms with Crippen molar-refractivity contribution in [3.8, 4) is 5.75 Å². The fraction of sp³-hybridized carbons (Fsp3) is 0.667. The molecule has 1 aromatic rings. The Labute approximate surface area is 209 Å². The minimum absolute atomic E-state index is 0.0644. The summed E-state index contributed by atoms with van der Waals surface area (Å²) in [6, 6.07) is 6.24. The van der Waals surface area contributed by atoms with Crippen molar-refractivity contribution in [2.75, 3.05) is 32.8 Å². The number of nitrogens with zero attached hydrogens (tertiary/aromatic N) is 2. The van der Waals surface area contributed by atoms with E-state index >= 15 is 0 Å². The lowest BCUT2D eigenvalue weighted by Crippen LogP contribution is -2.62. The molecule has 0 bridgehead atoms. The molecule has 3 rings (SSSR count). The van der Waals surface area contributed by atoms with Crippen LogP contribution in [0.3, 0.4) is 0 Å². The quantitative estimate of drug-likeness (QED) is 0.529. The van der Waals surface area contributed by atoms with Gasteiger partial charge in [-0.25, -0.2) is 0 Å². The predicted octanol–water partition coefficient (Wildman–Crippen LogP) is 2.66. The normalized spacial score (nSPS) is 20.4. The maximum atomic E-state index is 13.6. The summed E-state index contributed by atoms with van der Waals surface area (Å²) in [7, 11) is 0. The van der Waals surface area contributed by atoms with Crippen molar-refractivity contribution in [3.63, 3.8) is 0 Å². The molecule has 1 unspecified atom stereocenters. The van der Waals surface area contributed by atoms with Crippen LogP contribution in [0.4, 0.5) is 0 Å². The van der Waals surface area contributed by atoms with Crippen LogP contribution in [0.5, 0.6) is 5.75 Å². The lowest BCUT2D eigenvalue weighted by molar-refractivity contribution is -0.150. The number of carbonyl (C=O) groups excluding carboxylic acids is 3. The van der Waals surface area contributed by atoms with Gasteiger partial charge in [0.2, 0.25) is 17.7 Å². The van der Waals surface area contributed by atoms with Gasteiger partial charge in [-0.1, -0.05) is 27.7 Å². The highest BCUT2D eigenvalue weighted by Crippen LogP contribution is 2.24. The molecule has 2 aliphatic rings. The van der Waals surface area contributed by atoms with Gasteiger partial charge in [0.15, 0.2) is 0 Å². The highest BCUT2D eigenvalue weighted by atomic mass is 16.5. The van der Waals surface area contributed by atoms with Crippen molar-refractivity contribution < 1.29 is 19.1 Å². The van der Waals surface area contributed by atoms with E-state index in [0.29, 0.717) is 61.7 Å². The van der Waals surface area contributed by atoms with Gasteiger partial charge in [0, 0.05) is 31.7 Å². The van der Waals surface area contributed by atoms with Gasteiger partial charge in [-0.05, 0) is 67.7 Å². The first-order chi connectivity index (χ1) is 16.7. The molecule has 2 saturated heterocycles. The van der Waals surface area contributed by atoms with Gasteiger partial charge in [0.1, 0.15) is 11.8 Å². The van der Waals surface area contributed by atoms with Crippen LogP contribution in [-0.2, 0) is 9.59 Å². The predicted molar refractivity (Wildman–Crippen MR) is 136 cm³/mol. The van der Waals surface area contributed by atoms with E-state index in [4.69, 9.17) is 10.5 Å². The highest BCUT2D eigenvalue weighted by Gasteiger charge is 2.39. The molecular formula is C27H42N4O4. The third kappa shape index (κ3) is 7.43. The molecule has 0 spiro atoms. The van der Waals surface area contributed by atoms with E-state index in [1.807, 2.05) is 9.80 Å². The van der Waals surface area contributed by atoms with Crippen molar-refractivity contribution in [1.29, 1.82) is 0 Å². The van der Waals surface area contributed by atoms with Crippen LogP contribution in [0, 0.1) is 17.8 Å². The fourth-order valence-corrected chi connectivity index (χ4v) is 4.99. The molecule has 2 aliphatic heterocycles. The zero-order valence-electron chi connectivity index (χ0n) is 21.7. The molecule has 0 radical (unpaired) electrons. The number of nitrogens with two attached hydrogens (primary N) is 1. The van der Waals surface area contributed by atoms with Crippen LogP contribution in [-0.4, -0.2) is 72.4 Å². The van der Waals surface area contributed by atoms with Gasteiger partial charge in [-0.3, -0.25) is 14.4 Å². The number of nitrogens with one attached hydrogen (secondary N) is 1. The maximum Gasteiger partial charge on any atom is 0.248 e. The summed E-state index contributed by atoms with van der Waals surface area (Å²) in [4.78, 5) is 41.9. The zero-order valence-corrected chi connectivity index (χ0v) is 21.7. The molecule has 8 heteroatoms. The largest absolute Gasteiger partial charge is 0.493 e. The van der Waals surface area contributed by atoms with Crippen molar-refractivity contribution >= 4 is 17.7 Å². The van der Waals surface area contributed by atoms with E-state index < -0.39 is 11.9 Å². The average Bonchev–Trinajstić information content (AvgIpc) is 2.82. The van der Waals surface area contributed by atoms with Crippen LogP contribution in [0.1, 0.15) is 63.7 Å². The number of ether oxygens (including phenoxy) is 1. The Morgan fingerprint density at radius 2 is 1.71 bits per heavy atom. The van der Waals surface area contributed by atoms with Crippen LogP contribution in [0.25, 0.3) is 0 Å². The second kappa shape index (κ2) is 12.4. The molecule has 8 nitrogen and oxygen atoms in total. The van der Waals surface area contributed by atoms with E-state index in [0.717, 1.165) is 25.8 Å². The van der Waals surface area contributed by atoms with Crippen LogP contribution < -0.4 is 15.8 Å². The third-order valence-corrected chi connectivity index (χ3v) is 6.94. The first kappa shape index (κ1) is 27.0. The standard InChI is InChI=1S/C27H42N4O4/c1-18(2)15-23-26(33)31(14-11-29-23)24(16-19(3)4)27(34)30-12-9-20(10-13-30)17-35-22-7-5-21(6-8-22)25(28)32/h5-8,18-20,23-24,29H,9-17H2,1-4H3,(H2,28,32)/t23-,24?/m0/s1. The second-order valence-corrected chi connectivity index (χ2v) is 10.8. The van der Waals surface area contributed by atoms with Gasteiger partial charge in [0.25, 0.3) is 0 Å². The van der Waals surface area contributed by atoms with E-state index in [-0.39, 0.29) is 17.9 Å². The summed E-state index contributed by atoms with van der Waals surface area (Å²) in [6.45, 7) is 11.7. The first-order valence-electron chi connectivity index (χ1n) is 13.0. The van der Waals surface area contributed by atoms with Crippen LogP contribution in [0.15, 0.2) is 24.3 Å². The number of piperazine rings is 1. The molecule has 0 aliphatic carbocycles. The Morgan fingerprint density at radius 1 is 1.06 bits per heavy atom. The van der Waals surface area contributed by atoms with E-state index in [1.54, 1.807) is 24.3 Å². The molecule has 0 saturated carbocycles. The number of benzene rings is 1. The van der Waals surface area contributed by atoms with Crippen molar-refractivity contribution in [2.45, 2.75) is 65.5 Å². The number of likely N-dealkylation sites (tertiary alicyclic amines) is 1. The summed E-state index contributed by atoms with van der Waals surface area (Å²) in [5.74, 6) is 1.49. The minimum Gasteiger partial charge on any atom is -0.493 e. The van der Waals surface area contributed by atoms with Crippen LogP contribution in [0.2, 0.25) is 0 Å². The van der Waals surface area contributed by atoms with Gasteiger partial charge in [-0.15, -0.1) is 0 Å². The Balaban J connectivity index is 1.56. The number of primary amides is 1. The number of hydrogen-bond acceptors (Lipinski definition) is 5. The van der Waals surface area contributed by atoms with Crippen LogP contribution >= 0.6 is 0 Å². The van der Waals surface area contributed by atoms with Crippen molar-refractivity contribution in [2.24, 2.45) is 23.5 Å². The van der Waals surface area contributed by atoms with Crippen molar-refractivity contribution in [1.82, 2.24) is 15.1 Å². The highest BCUT2D eigenvalue weighted by molar-refractivity contribution is 5.92. The summed E-state index contributed by atoms with van der Waals surface area (Å²) in [5, 5.41) is 3.35. The summed E-state index contributed by atoms with van der Waals surface area (Å²) < 4.78 is 5.91. The Morgan fingerprint density at radius 3 is 2.29 bits per heavy atom. The fourth-order valence-electron chi connectivity index (χ4n) is 4.99. The molecule has 3 N–H and O–H groups in total. The van der Waals surface area contributed by atoms with E-state index in [2.05, 4.69) is 33.0 Å². The number of rotatable bonds is 10. The van der Waals surface area contributed by atoms with E-state index in [9.17, 15) is 14.4 Å². The SMILES string of the molecule is CC(C)CC(C(=O)N1CCC(COc2ccc(C(N)=O)cc2)CC1)N1CCN[C@@H](CC(C)C)C1=O. The van der Waals surface area contributed by atoms with Gasteiger partial charge in [0.05, 0.1) is 12.6 Å². The van der Waals surface area contributed by atoms with Crippen molar-refractivity contribution in [3.05, 3.63) is 29.8 Å². The number of carbonyl (C=O) groups is 3. The summed E-state index contributed by atoms with van der Waals surface area (Å²) in [6.07, 6.45) is 3.20. The molecule has 35 heavy (non-hydrogen) atoms. The Kier molecular flexibility index (Phi) is 9.55. The second-order valence-electron chi connectivity index (χ2n) is 10.8. The zero-order chi connectivity index (χ0) is 25.5.